The summed E-state index contributed by atoms with van der Waals surface area (Å²) in [4.78, 5) is 52.2. The fraction of sp³-hybridized carbons (Fsp3) is 0.615. The lowest BCUT2D eigenvalue weighted by Gasteiger charge is -2.24. The van der Waals surface area contributed by atoms with Crippen molar-refractivity contribution < 1.29 is 46.1 Å². The van der Waals surface area contributed by atoms with Crippen LogP contribution in [0.2, 0.25) is 0 Å². The van der Waals surface area contributed by atoms with E-state index in [1.165, 1.54) is 14.0 Å². The maximum absolute atomic E-state index is 13.1. The summed E-state index contributed by atoms with van der Waals surface area (Å²) in [6.45, 7) is 13.3. The summed E-state index contributed by atoms with van der Waals surface area (Å²) >= 11 is 0. The van der Waals surface area contributed by atoms with Gasteiger partial charge in [-0.3, -0.25) is 19.1 Å². The van der Waals surface area contributed by atoms with E-state index in [1.54, 1.807) is 18.2 Å². The number of benzene rings is 1. The molecule has 1 saturated heterocycles. The molecule has 15 heteroatoms. The minimum Gasteiger partial charge on any atom is -0.494 e. The van der Waals surface area contributed by atoms with E-state index in [0.29, 0.717) is 49.8 Å². The van der Waals surface area contributed by atoms with Crippen molar-refractivity contribution in [1.29, 1.82) is 0 Å². The second-order valence-electron chi connectivity index (χ2n) is 14.9. The lowest BCUT2D eigenvalue weighted by Crippen LogP contribution is -2.44. The molecular formula is C39H67N5O9S. The molecule has 2 aromatic rings. The molecule has 0 bridgehead atoms. The first-order valence-corrected chi connectivity index (χ1v) is 20.1. The Bertz CT molecular complexity index is 1710. The number of primary amides is 1. The number of alkyl carbamates (subject to hydrolysis) is 1. The highest BCUT2D eigenvalue weighted by molar-refractivity contribution is 7.90. The Labute approximate surface area is 325 Å². The Balaban J connectivity index is 0. The van der Waals surface area contributed by atoms with Crippen LogP contribution in [-0.2, 0) is 29.1 Å². The fourth-order valence-electron chi connectivity index (χ4n) is 6.13. The molecule has 2 aliphatic rings. The first kappa shape index (κ1) is 45.8. The molecular weight excluding hydrogens is 715 g/mol. The number of methoxy groups -OCH3 is 1. The maximum atomic E-state index is 13.1. The number of hydrogen-bond acceptors (Lipinski definition) is 10. The van der Waals surface area contributed by atoms with Gasteiger partial charge >= 0.3 is 6.09 Å². The lowest BCUT2D eigenvalue weighted by atomic mass is 9.91. The average Bonchev–Trinajstić information content (AvgIpc) is 3.47. The Morgan fingerprint density at radius 1 is 1.11 bits per heavy atom. The number of hydrogen-bond donors (Lipinski definition) is 3. The molecule has 1 saturated carbocycles. The summed E-state index contributed by atoms with van der Waals surface area (Å²) in [5.74, 6) is 0.841. The predicted octanol–water partition coefficient (Wildman–Crippen LogP) is 6.37. The van der Waals surface area contributed by atoms with Gasteiger partial charge in [0.1, 0.15) is 23.5 Å². The number of aromatic nitrogens is 1. The number of allylic oxidation sites excluding steroid dienone is 2. The number of carbonyl (C=O) groups is 4. The summed E-state index contributed by atoms with van der Waals surface area (Å²) in [5, 5.41) is 3.75. The Morgan fingerprint density at radius 2 is 1.76 bits per heavy atom. The molecule has 54 heavy (non-hydrogen) atoms. The number of nitrogens with two attached hydrogens (primary N) is 1. The maximum Gasteiger partial charge on any atom is 0.407 e. The van der Waals surface area contributed by atoms with Gasteiger partial charge in [-0.2, -0.15) is 0 Å². The summed E-state index contributed by atoms with van der Waals surface area (Å²) in [5.41, 5.74) is 5.27. The molecule has 4 amide bonds. The lowest BCUT2D eigenvalue weighted by molar-refractivity contribution is -0.138. The molecule has 1 aromatic carbocycles. The number of ether oxygens (including phenoxy) is 3. The topological polar surface area (TPSA) is 196 Å². The van der Waals surface area contributed by atoms with Crippen molar-refractivity contribution in [3.8, 4) is 11.6 Å². The van der Waals surface area contributed by atoms with Gasteiger partial charge in [-0.15, -0.1) is 0 Å². The smallest absolute Gasteiger partial charge is 0.407 e. The summed E-state index contributed by atoms with van der Waals surface area (Å²) in [6.07, 6.45) is 11.3. The van der Waals surface area contributed by atoms with Crippen LogP contribution in [0.5, 0.6) is 11.6 Å². The van der Waals surface area contributed by atoms with Gasteiger partial charge in [0.2, 0.25) is 33.6 Å². The van der Waals surface area contributed by atoms with E-state index >= 15 is 0 Å². The van der Waals surface area contributed by atoms with Gasteiger partial charge in [-0.1, -0.05) is 50.6 Å². The number of likely N-dealkylation sites (tertiary alicyclic amines) is 1. The van der Waals surface area contributed by atoms with Crippen LogP contribution in [0.3, 0.4) is 0 Å². The van der Waals surface area contributed by atoms with Crippen LogP contribution in [0.25, 0.3) is 10.8 Å². The van der Waals surface area contributed by atoms with E-state index in [2.05, 4.69) is 36.3 Å². The highest BCUT2D eigenvalue weighted by atomic mass is 32.2. The molecule has 14 nitrogen and oxygen atoms in total. The number of carbonyl (C=O) groups excluding carboxylic acids is 4. The van der Waals surface area contributed by atoms with Crippen molar-refractivity contribution in [3.63, 3.8) is 0 Å². The summed E-state index contributed by atoms with van der Waals surface area (Å²) in [6, 6.07) is 7.04. The van der Waals surface area contributed by atoms with Crippen LogP contribution in [0.1, 0.15) is 104 Å². The number of nitrogens with zero attached hydrogens (tertiary/aromatic N) is 2. The molecule has 0 spiro atoms. The summed E-state index contributed by atoms with van der Waals surface area (Å²) in [7, 11) is -0.183. The van der Waals surface area contributed by atoms with Crippen molar-refractivity contribution >= 4 is 44.6 Å². The third-order valence-electron chi connectivity index (χ3n) is 8.90. The van der Waals surface area contributed by atoms with E-state index in [1.807, 2.05) is 56.7 Å². The van der Waals surface area contributed by atoms with E-state index in [4.69, 9.17) is 19.9 Å². The minimum absolute atomic E-state index is 0. The van der Waals surface area contributed by atoms with Gasteiger partial charge in [-0.05, 0) is 77.7 Å². The van der Waals surface area contributed by atoms with Gasteiger partial charge in [0.15, 0.2) is 0 Å². The van der Waals surface area contributed by atoms with Gasteiger partial charge in [0.05, 0.1) is 25.1 Å². The van der Waals surface area contributed by atoms with Crippen molar-refractivity contribution in [2.24, 2.45) is 17.6 Å². The van der Waals surface area contributed by atoms with E-state index in [9.17, 15) is 27.6 Å². The molecule has 1 aromatic heterocycles. The first-order valence-electron chi connectivity index (χ1n) is 18.5. The average molecular weight is 782 g/mol. The number of nitrogens with one attached hydrogen (secondary N) is 2. The summed E-state index contributed by atoms with van der Waals surface area (Å²) < 4.78 is 40.6. The third-order valence-corrected chi connectivity index (χ3v) is 10.8. The zero-order chi connectivity index (χ0) is 40.6. The number of amides is 4. The van der Waals surface area contributed by atoms with Crippen LogP contribution in [-0.4, -0.2) is 85.8 Å². The number of pyridine rings is 1. The van der Waals surface area contributed by atoms with Crippen LogP contribution in [0.4, 0.5) is 4.79 Å². The minimum atomic E-state index is -3.32. The van der Waals surface area contributed by atoms with Gasteiger partial charge in [-0.25, -0.2) is 18.2 Å². The Morgan fingerprint density at radius 3 is 2.26 bits per heavy atom. The van der Waals surface area contributed by atoms with E-state index < -0.39 is 27.9 Å². The molecule has 4 N–H and O–H groups in total. The molecule has 1 aliphatic carbocycles. The molecule has 0 radical (unpaired) electrons. The van der Waals surface area contributed by atoms with Gasteiger partial charge in [0, 0.05) is 41.9 Å². The van der Waals surface area contributed by atoms with Crippen LogP contribution >= 0.6 is 0 Å². The van der Waals surface area contributed by atoms with Crippen molar-refractivity contribution in [3.05, 3.63) is 42.6 Å². The Hall–Kier alpha value is -4.40. The van der Waals surface area contributed by atoms with Crippen LogP contribution < -0.4 is 25.2 Å². The van der Waals surface area contributed by atoms with Crippen molar-refractivity contribution in [2.75, 3.05) is 20.7 Å². The molecule has 2 fully saturated rings. The van der Waals surface area contributed by atoms with Crippen molar-refractivity contribution in [1.82, 2.24) is 19.9 Å². The van der Waals surface area contributed by atoms with Crippen molar-refractivity contribution in [2.45, 2.75) is 123 Å². The van der Waals surface area contributed by atoms with E-state index in [0.717, 1.165) is 36.5 Å². The predicted molar refractivity (Wildman–Crippen MR) is 216 cm³/mol. The zero-order valence-corrected chi connectivity index (χ0v) is 34.2. The highest BCUT2D eigenvalue weighted by Gasteiger charge is 2.40. The first-order chi connectivity index (χ1) is 25.3. The second-order valence-corrected chi connectivity index (χ2v) is 16.9. The number of fused-ring (bicyclic) bond motifs is 1. The fourth-order valence-corrected chi connectivity index (χ4v) is 7.65. The largest absolute Gasteiger partial charge is 0.494 e. The molecule has 0 unspecified atom stereocenters. The van der Waals surface area contributed by atoms with Gasteiger partial charge in [0.25, 0.3) is 0 Å². The molecule has 2 heterocycles. The SMILES string of the molecule is C/C=C\CC[C@@H](C)C[C@@H](C)CC(=O)N1C[C@H](Oc2ncc(OC)c3ccccc23)C[C@H]1C(N)=O.CC(=O)NS(=O)(=O)C1CCC1.CNC(=O)OC(C)(C)C.[HH].[HH].[HH]. The normalized spacial score (nSPS) is 18.2. The van der Waals surface area contributed by atoms with Crippen LogP contribution in [0, 0.1) is 11.8 Å². The van der Waals surface area contributed by atoms with Gasteiger partial charge < -0.3 is 30.2 Å². The monoisotopic (exact) mass is 781 g/mol. The second kappa shape index (κ2) is 21.5. The standard InChI is InChI=1S/C27H37N3O4.C6H11NO3S.C6H13NO2.3H2/c1-5-6-7-10-18(2)13-19(3)14-25(31)30-17-20(15-23(30)26(28)32)34-27-22-12-9-8-11-21(22)24(33-4)16-29-27;1-5(8)7-11(9,10)6-3-2-4-6;1-6(2,3)9-5(8)7-4;;;/h5-6,8-9,11-12,16,18-20,23H,7,10,13-15,17H2,1-4H3,(H2,28,32);6H,2-4H2,1H3,(H,7,8);1-4H3,(H,7,8);3*1H/b6-5-;;;;;/t18-,19-,20-,23+;;;;;/m1...../s1. The molecule has 4 atom stereocenters. The Kier molecular flexibility index (Phi) is 18.2. The molecule has 308 valence electrons. The zero-order valence-electron chi connectivity index (χ0n) is 33.3. The van der Waals surface area contributed by atoms with E-state index in [-0.39, 0.29) is 39.2 Å². The third kappa shape index (κ3) is 15.2. The number of rotatable bonds is 13. The molecule has 4 rings (SSSR count). The molecule has 1 aliphatic heterocycles. The van der Waals surface area contributed by atoms with Crippen LogP contribution in [0.15, 0.2) is 42.6 Å². The highest BCUT2D eigenvalue weighted by Crippen LogP contribution is 2.33. The quantitative estimate of drug-likeness (QED) is 0.192. The number of sulfonamides is 1.